The number of nitrogens with zero attached hydrogens (tertiary/aromatic N) is 1. The Morgan fingerprint density at radius 2 is 2.08 bits per heavy atom. The standard InChI is InChI=1S/C7H11F3N2O/c8-7(9,10)6(13)12-3-1-2-5(11)4-12/h5H,1-4,11H2/t5-/m1/s1. The van der Waals surface area contributed by atoms with E-state index >= 15 is 0 Å². The van der Waals surface area contributed by atoms with Crippen molar-refractivity contribution < 1.29 is 18.0 Å². The van der Waals surface area contributed by atoms with E-state index in [0.717, 1.165) is 4.90 Å². The summed E-state index contributed by atoms with van der Waals surface area (Å²) in [4.78, 5) is 11.5. The van der Waals surface area contributed by atoms with Crippen molar-refractivity contribution in [2.45, 2.75) is 25.1 Å². The second-order valence-corrected chi connectivity index (χ2v) is 3.15. The number of alkyl halides is 3. The Bertz CT molecular complexity index is 204. The molecule has 0 aromatic rings. The Balaban J connectivity index is 2.56. The van der Waals surface area contributed by atoms with E-state index in [1.165, 1.54) is 0 Å². The molecule has 1 rings (SSSR count). The van der Waals surface area contributed by atoms with E-state index in [-0.39, 0.29) is 19.1 Å². The average molecular weight is 196 g/mol. The largest absolute Gasteiger partial charge is 0.471 e. The molecule has 1 heterocycles. The van der Waals surface area contributed by atoms with Gasteiger partial charge in [-0.3, -0.25) is 4.79 Å². The van der Waals surface area contributed by atoms with Gasteiger partial charge in [0, 0.05) is 19.1 Å². The maximum atomic E-state index is 11.9. The molecule has 0 aliphatic carbocycles. The number of amides is 1. The van der Waals surface area contributed by atoms with Crippen molar-refractivity contribution in [3.63, 3.8) is 0 Å². The zero-order valence-electron chi connectivity index (χ0n) is 6.97. The van der Waals surface area contributed by atoms with Crippen LogP contribution in [0.1, 0.15) is 12.8 Å². The third-order valence-corrected chi connectivity index (χ3v) is 1.99. The van der Waals surface area contributed by atoms with Crippen LogP contribution in [-0.4, -0.2) is 36.1 Å². The Labute approximate surface area is 73.7 Å². The third kappa shape index (κ3) is 2.58. The molecule has 3 nitrogen and oxygen atoms in total. The number of halogens is 3. The Hall–Kier alpha value is -0.780. The second kappa shape index (κ2) is 3.53. The molecule has 0 saturated carbocycles. The second-order valence-electron chi connectivity index (χ2n) is 3.15. The van der Waals surface area contributed by atoms with Crippen LogP contribution in [0.15, 0.2) is 0 Å². The molecule has 1 aliphatic rings. The van der Waals surface area contributed by atoms with Crippen LogP contribution < -0.4 is 5.73 Å². The SMILES string of the molecule is N[C@@H]1CCCN(C(=O)C(F)(F)F)C1. The van der Waals surface area contributed by atoms with Crippen molar-refractivity contribution in [3.05, 3.63) is 0 Å². The maximum absolute atomic E-state index is 11.9. The van der Waals surface area contributed by atoms with Gasteiger partial charge in [-0.15, -0.1) is 0 Å². The summed E-state index contributed by atoms with van der Waals surface area (Å²) in [6, 6.07) is -0.319. The first-order valence-corrected chi connectivity index (χ1v) is 4.03. The van der Waals surface area contributed by atoms with Gasteiger partial charge in [-0.2, -0.15) is 13.2 Å². The lowest BCUT2D eigenvalue weighted by molar-refractivity contribution is -0.186. The number of carbonyl (C=O) groups excluding carboxylic acids is 1. The molecule has 76 valence electrons. The Morgan fingerprint density at radius 3 is 2.54 bits per heavy atom. The molecule has 1 atom stereocenters. The van der Waals surface area contributed by atoms with Crippen molar-refractivity contribution in [1.29, 1.82) is 0 Å². The summed E-state index contributed by atoms with van der Waals surface area (Å²) in [5.74, 6) is -1.78. The number of nitrogens with two attached hydrogens (primary N) is 1. The van der Waals surface area contributed by atoms with E-state index < -0.39 is 12.1 Å². The van der Waals surface area contributed by atoms with E-state index in [2.05, 4.69) is 0 Å². The fourth-order valence-electron chi connectivity index (χ4n) is 1.37. The number of likely N-dealkylation sites (tertiary alicyclic amines) is 1. The van der Waals surface area contributed by atoms with Gasteiger partial charge < -0.3 is 10.6 Å². The minimum absolute atomic E-state index is 0.0122. The predicted octanol–water partition coefficient (Wildman–Crippen LogP) is 0.498. The minimum Gasteiger partial charge on any atom is -0.333 e. The summed E-state index contributed by atoms with van der Waals surface area (Å²) >= 11 is 0. The molecule has 1 aliphatic heterocycles. The fraction of sp³-hybridized carbons (Fsp3) is 0.857. The van der Waals surface area contributed by atoms with Gasteiger partial charge >= 0.3 is 12.1 Å². The molecule has 0 radical (unpaired) electrons. The molecule has 1 amide bonds. The molecular weight excluding hydrogens is 185 g/mol. The number of hydrogen-bond acceptors (Lipinski definition) is 2. The van der Waals surface area contributed by atoms with E-state index in [1.807, 2.05) is 0 Å². The Morgan fingerprint density at radius 1 is 1.46 bits per heavy atom. The third-order valence-electron chi connectivity index (χ3n) is 1.99. The lowest BCUT2D eigenvalue weighted by atomic mass is 10.1. The van der Waals surface area contributed by atoms with Crippen molar-refractivity contribution in [2.75, 3.05) is 13.1 Å². The van der Waals surface area contributed by atoms with Crippen molar-refractivity contribution >= 4 is 5.91 Å². The van der Waals surface area contributed by atoms with Gasteiger partial charge in [0.2, 0.25) is 0 Å². The van der Waals surface area contributed by atoms with Gasteiger partial charge in [0.1, 0.15) is 0 Å². The summed E-state index contributed by atoms with van der Waals surface area (Å²) < 4.78 is 35.8. The number of carbonyl (C=O) groups is 1. The summed E-state index contributed by atoms with van der Waals surface area (Å²) in [5, 5.41) is 0. The maximum Gasteiger partial charge on any atom is 0.471 e. The van der Waals surface area contributed by atoms with Crippen LogP contribution in [0.4, 0.5) is 13.2 Å². The molecule has 0 aromatic heterocycles. The Kier molecular flexibility index (Phi) is 2.80. The van der Waals surface area contributed by atoms with Crippen LogP contribution in [0.3, 0.4) is 0 Å². The van der Waals surface area contributed by atoms with Crippen LogP contribution in [-0.2, 0) is 4.79 Å². The molecule has 0 spiro atoms. The van der Waals surface area contributed by atoms with Crippen LogP contribution in [0, 0.1) is 0 Å². The highest BCUT2D eigenvalue weighted by Crippen LogP contribution is 2.20. The molecular formula is C7H11F3N2O. The molecule has 2 N–H and O–H groups in total. The quantitative estimate of drug-likeness (QED) is 0.613. The zero-order chi connectivity index (χ0) is 10.1. The van der Waals surface area contributed by atoms with Gasteiger partial charge in [0.25, 0.3) is 0 Å². The lowest BCUT2D eigenvalue weighted by Crippen LogP contribution is -2.50. The van der Waals surface area contributed by atoms with Crippen LogP contribution >= 0.6 is 0 Å². The highest BCUT2D eigenvalue weighted by molar-refractivity contribution is 5.81. The predicted molar refractivity (Wildman–Crippen MR) is 39.8 cm³/mol. The molecule has 0 unspecified atom stereocenters. The number of hydrogen-bond donors (Lipinski definition) is 1. The monoisotopic (exact) mass is 196 g/mol. The summed E-state index contributed by atoms with van der Waals surface area (Å²) in [6.45, 7) is 0.171. The molecule has 0 bridgehead atoms. The van der Waals surface area contributed by atoms with Crippen LogP contribution in [0.5, 0.6) is 0 Å². The van der Waals surface area contributed by atoms with Gasteiger partial charge in [-0.1, -0.05) is 0 Å². The van der Waals surface area contributed by atoms with Crippen molar-refractivity contribution in [2.24, 2.45) is 5.73 Å². The smallest absolute Gasteiger partial charge is 0.333 e. The van der Waals surface area contributed by atoms with E-state index in [0.29, 0.717) is 12.8 Å². The summed E-state index contributed by atoms with van der Waals surface area (Å²) in [6.07, 6.45) is -3.54. The van der Waals surface area contributed by atoms with Crippen LogP contribution in [0.25, 0.3) is 0 Å². The molecule has 1 fully saturated rings. The number of piperidine rings is 1. The topological polar surface area (TPSA) is 46.3 Å². The minimum atomic E-state index is -4.77. The summed E-state index contributed by atoms with van der Waals surface area (Å²) in [5.41, 5.74) is 5.44. The first-order valence-electron chi connectivity index (χ1n) is 4.03. The molecule has 0 aromatic carbocycles. The first kappa shape index (κ1) is 10.3. The molecule has 13 heavy (non-hydrogen) atoms. The number of rotatable bonds is 0. The highest BCUT2D eigenvalue weighted by atomic mass is 19.4. The van der Waals surface area contributed by atoms with Gasteiger partial charge in [0.05, 0.1) is 0 Å². The van der Waals surface area contributed by atoms with Crippen molar-refractivity contribution in [3.8, 4) is 0 Å². The normalized spacial score (nSPS) is 24.6. The van der Waals surface area contributed by atoms with Gasteiger partial charge in [-0.05, 0) is 12.8 Å². The average Bonchev–Trinajstić information content (AvgIpc) is 2.01. The summed E-state index contributed by atoms with van der Waals surface area (Å²) in [7, 11) is 0. The lowest BCUT2D eigenvalue weighted by Gasteiger charge is -2.31. The van der Waals surface area contributed by atoms with Gasteiger partial charge in [0.15, 0.2) is 0 Å². The zero-order valence-corrected chi connectivity index (χ0v) is 6.97. The fourth-order valence-corrected chi connectivity index (χ4v) is 1.37. The van der Waals surface area contributed by atoms with Crippen molar-refractivity contribution in [1.82, 2.24) is 4.90 Å². The first-order chi connectivity index (χ1) is 5.91. The molecule has 6 heteroatoms. The highest BCUT2D eigenvalue weighted by Gasteiger charge is 2.43. The van der Waals surface area contributed by atoms with E-state index in [4.69, 9.17) is 5.73 Å². The van der Waals surface area contributed by atoms with Crippen LogP contribution in [0.2, 0.25) is 0 Å². The van der Waals surface area contributed by atoms with E-state index in [9.17, 15) is 18.0 Å². The van der Waals surface area contributed by atoms with Gasteiger partial charge in [-0.25, -0.2) is 0 Å². The molecule has 1 saturated heterocycles. The van der Waals surface area contributed by atoms with E-state index in [1.54, 1.807) is 0 Å².